The molecule has 0 aromatic rings. The summed E-state index contributed by atoms with van der Waals surface area (Å²) in [5.41, 5.74) is 0. The molecular formula is C47H87O10P. The van der Waals surface area contributed by atoms with E-state index in [1.54, 1.807) is 0 Å². The van der Waals surface area contributed by atoms with Gasteiger partial charge in [0, 0.05) is 12.8 Å². The first-order valence-electron chi connectivity index (χ1n) is 23.4. The number of rotatable bonds is 44. The third kappa shape index (κ3) is 42.3. The van der Waals surface area contributed by atoms with E-state index in [0.29, 0.717) is 12.8 Å². The van der Waals surface area contributed by atoms with Crippen LogP contribution in [0.1, 0.15) is 213 Å². The molecule has 3 atom stereocenters. The Morgan fingerprint density at radius 1 is 0.517 bits per heavy atom. The first kappa shape index (κ1) is 56.2. The number of carbonyl (C=O) groups excluding carboxylic acids is 2. The fourth-order valence-electron chi connectivity index (χ4n) is 6.41. The summed E-state index contributed by atoms with van der Waals surface area (Å²) in [6, 6.07) is 0. The highest BCUT2D eigenvalue weighted by Crippen LogP contribution is 2.43. The number of allylic oxidation sites excluding steroid dienone is 6. The predicted octanol–water partition coefficient (Wildman–Crippen LogP) is 12.7. The minimum absolute atomic E-state index is 0.160. The molecule has 10 nitrogen and oxygen atoms in total. The number of phosphoric acid groups is 1. The number of unbranched alkanes of at least 4 members (excludes halogenated alkanes) is 24. The van der Waals surface area contributed by atoms with Crippen molar-refractivity contribution in [2.24, 2.45) is 0 Å². The smallest absolute Gasteiger partial charge is 0.462 e. The zero-order valence-electron chi connectivity index (χ0n) is 37.0. The van der Waals surface area contributed by atoms with Crippen molar-refractivity contribution >= 4 is 19.8 Å². The van der Waals surface area contributed by atoms with Gasteiger partial charge in [-0.25, -0.2) is 4.57 Å². The maximum absolute atomic E-state index is 12.6. The maximum atomic E-state index is 12.6. The van der Waals surface area contributed by atoms with Gasteiger partial charge in [0.2, 0.25) is 0 Å². The maximum Gasteiger partial charge on any atom is 0.472 e. The lowest BCUT2D eigenvalue weighted by Gasteiger charge is -2.20. The van der Waals surface area contributed by atoms with Crippen LogP contribution in [0, 0.1) is 0 Å². The number of hydrogen-bond acceptors (Lipinski definition) is 9. The van der Waals surface area contributed by atoms with E-state index in [-0.39, 0.29) is 19.4 Å². The summed E-state index contributed by atoms with van der Waals surface area (Å²) >= 11 is 0. The van der Waals surface area contributed by atoms with Crippen molar-refractivity contribution < 1.29 is 47.8 Å². The van der Waals surface area contributed by atoms with Gasteiger partial charge in [-0.3, -0.25) is 18.6 Å². The molecular weight excluding hydrogens is 755 g/mol. The van der Waals surface area contributed by atoms with Crippen molar-refractivity contribution in [1.29, 1.82) is 0 Å². The van der Waals surface area contributed by atoms with E-state index in [1.807, 2.05) is 0 Å². The first-order valence-corrected chi connectivity index (χ1v) is 24.9. The average Bonchev–Trinajstić information content (AvgIpc) is 3.21. The van der Waals surface area contributed by atoms with Crippen LogP contribution in [0.15, 0.2) is 36.5 Å². The Morgan fingerprint density at radius 2 is 0.897 bits per heavy atom. The van der Waals surface area contributed by atoms with E-state index in [4.69, 9.17) is 23.6 Å². The first-order chi connectivity index (χ1) is 28.2. The Hall–Kier alpha value is -1.81. The molecule has 0 saturated heterocycles. The van der Waals surface area contributed by atoms with Crippen molar-refractivity contribution in [3.63, 3.8) is 0 Å². The molecule has 3 N–H and O–H groups in total. The standard InChI is InChI=1S/C47H87O10P/c1-3-5-7-9-11-13-15-17-19-21-23-24-26-28-30-32-34-36-38-46(50)54-42-45(43-56-58(52,53)55-41-44(49)40-48)57-47(51)39-37-35-33-31-29-27-25-22-20-18-16-14-12-10-8-6-4-2/h12,14,18,20,25,27,44-45,48-49H,3-11,13,15-17,19,21-24,26,28-43H2,1-2H3,(H,52,53)/b14-12+,20-18+,27-25+/t44-,45+/m0/s1. The molecule has 0 spiro atoms. The molecule has 0 aromatic heterocycles. The van der Waals surface area contributed by atoms with Crippen molar-refractivity contribution in [1.82, 2.24) is 0 Å². The van der Waals surface area contributed by atoms with Gasteiger partial charge in [-0.1, -0.05) is 185 Å². The third-order valence-corrected chi connectivity index (χ3v) is 11.0. The van der Waals surface area contributed by atoms with Crippen LogP contribution in [0.3, 0.4) is 0 Å². The minimum Gasteiger partial charge on any atom is -0.462 e. The number of aliphatic hydroxyl groups excluding tert-OH is 2. The highest BCUT2D eigenvalue weighted by Gasteiger charge is 2.27. The topological polar surface area (TPSA) is 149 Å². The quantitative estimate of drug-likeness (QED) is 0.0234. The van der Waals surface area contributed by atoms with E-state index in [9.17, 15) is 24.2 Å². The Morgan fingerprint density at radius 3 is 1.38 bits per heavy atom. The Labute approximate surface area is 354 Å². The fraction of sp³-hybridized carbons (Fsp3) is 0.830. The Balaban J connectivity index is 4.26. The van der Waals surface area contributed by atoms with Gasteiger partial charge in [0.1, 0.15) is 12.7 Å². The molecule has 0 aliphatic carbocycles. The van der Waals surface area contributed by atoms with Gasteiger partial charge < -0.3 is 24.6 Å². The largest absolute Gasteiger partial charge is 0.472 e. The van der Waals surface area contributed by atoms with Crippen molar-refractivity contribution in [2.45, 2.75) is 225 Å². The zero-order chi connectivity index (χ0) is 42.6. The lowest BCUT2D eigenvalue weighted by molar-refractivity contribution is -0.161. The molecule has 0 aliphatic heterocycles. The number of phosphoric ester groups is 1. The van der Waals surface area contributed by atoms with Crippen LogP contribution in [-0.4, -0.2) is 65.7 Å². The monoisotopic (exact) mass is 843 g/mol. The number of hydrogen-bond donors (Lipinski definition) is 3. The van der Waals surface area contributed by atoms with Crippen LogP contribution in [0.5, 0.6) is 0 Å². The van der Waals surface area contributed by atoms with E-state index >= 15 is 0 Å². The Kier molecular flexibility index (Phi) is 41.9. The number of aliphatic hydroxyl groups is 2. The SMILES string of the molecule is CCCCC/C=C/C/C=C/C/C=C/CCCCCCC(=O)O[C@H](COC(=O)CCCCCCCCCCCCCCCCCCCC)COP(=O)(O)OC[C@@H](O)CO. The molecule has 0 fully saturated rings. The Bertz CT molecular complexity index is 1060. The molecule has 0 aliphatic rings. The molecule has 0 heterocycles. The van der Waals surface area contributed by atoms with Gasteiger partial charge >= 0.3 is 19.8 Å². The minimum atomic E-state index is -4.62. The van der Waals surface area contributed by atoms with Crippen LogP contribution < -0.4 is 0 Å². The molecule has 0 bridgehead atoms. The molecule has 0 amide bonds. The highest BCUT2D eigenvalue weighted by atomic mass is 31.2. The molecule has 340 valence electrons. The molecule has 0 rings (SSSR count). The van der Waals surface area contributed by atoms with Crippen molar-refractivity contribution in [3.8, 4) is 0 Å². The molecule has 0 saturated carbocycles. The summed E-state index contributed by atoms with van der Waals surface area (Å²) in [6.07, 6.45) is 45.3. The van der Waals surface area contributed by atoms with Crippen molar-refractivity contribution in [3.05, 3.63) is 36.5 Å². The number of carbonyl (C=O) groups is 2. The highest BCUT2D eigenvalue weighted by molar-refractivity contribution is 7.47. The summed E-state index contributed by atoms with van der Waals surface area (Å²) in [5, 5.41) is 18.4. The summed E-state index contributed by atoms with van der Waals surface area (Å²) < 4.78 is 32.8. The molecule has 0 radical (unpaired) electrons. The predicted molar refractivity (Wildman–Crippen MR) is 238 cm³/mol. The number of esters is 2. The van der Waals surface area contributed by atoms with Gasteiger partial charge in [-0.2, -0.15) is 0 Å². The number of ether oxygens (including phenoxy) is 2. The van der Waals surface area contributed by atoms with Crippen LogP contribution >= 0.6 is 7.82 Å². The van der Waals surface area contributed by atoms with Crippen LogP contribution in [0.25, 0.3) is 0 Å². The van der Waals surface area contributed by atoms with E-state index in [1.165, 1.54) is 116 Å². The summed E-state index contributed by atoms with van der Waals surface area (Å²) in [6.45, 7) is 2.35. The molecule has 58 heavy (non-hydrogen) atoms. The third-order valence-electron chi connectivity index (χ3n) is 10.0. The average molecular weight is 843 g/mol. The van der Waals surface area contributed by atoms with Gasteiger partial charge in [-0.05, 0) is 51.4 Å². The van der Waals surface area contributed by atoms with E-state index in [2.05, 4.69) is 50.3 Å². The lowest BCUT2D eigenvalue weighted by Crippen LogP contribution is -2.29. The molecule has 1 unspecified atom stereocenters. The van der Waals surface area contributed by atoms with Gasteiger partial charge in [0.05, 0.1) is 19.8 Å². The van der Waals surface area contributed by atoms with Gasteiger partial charge in [-0.15, -0.1) is 0 Å². The van der Waals surface area contributed by atoms with Gasteiger partial charge in [0.15, 0.2) is 6.10 Å². The summed E-state index contributed by atoms with van der Waals surface area (Å²) in [7, 11) is -4.62. The normalized spacial score (nSPS) is 14.1. The summed E-state index contributed by atoms with van der Waals surface area (Å²) in [5.74, 6) is -0.942. The van der Waals surface area contributed by atoms with Crippen LogP contribution in [-0.2, 0) is 32.7 Å². The van der Waals surface area contributed by atoms with Crippen molar-refractivity contribution in [2.75, 3.05) is 26.4 Å². The summed E-state index contributed by atoms with van der Waals surface area (Å²) in [4.78, 5) is 35.1. The van der Waals surface area contributed by atoms with Crippen LogP contribution in [0.4, 0.5) is 0 Å². The van der Waals surface area contributed by atoms with Gasteiger partial charge in [0.25, 0.3) is 0 Å². The lowest BCUT2D eigenvalue weighted by atomic mass is 10.0. The second-order valence-electron chi connectivity index (χ2n) is 15.8. The second kappa shape index (κ2) is 43.3. The zero-order valence-corrected chi connectivity index (χ0v) is 37.9. The molecule has 11 heteroatoms. The fourth-order valence-corrected chi connectivity index (χ4v) is 7.20. The van der Waals surface area contributed by atoms with Crippen LogP contribution in [0.2, 0.25) is 0 Å². The van der Waals surface area contributed by atoms with E-state index in [0.717, 1.165) is 57.8 Å². The second-order valence-corrected chi connectivity index (χ2v) is 17.2. The molecule has 0 aromatic carbocycles. The van der Waals surface area contributed by atoms with E-state index < -0.39 is 51.8 Å².